The molecule has 54 heavy (non-hydrogen) atoms. The number of ether oxygens (including phenoxy) is 4. The fraction of sp³-hybridized carbons (Fsp3) is 0.707. The van der Waals surface area contributed by atoms with Crippen molar-refractivity contribution in [3.63, 3.8) is 0 Å². The second-order valence-electron chi connectivity index (χ2n) is 16.5. The Kier molecular flexibility index (Phi) is 13.6. The van der Waals surface area contributed by atoms with Crippen molar-refractivity contribution in [3.8, 4) is 0 Å². The molecule has 1 aliphatic carbocycles. The van der Waals surface area contributed by atoms with Gasteiger partial charge in [-0.15, -0.1) is 0 Å². The summed E-state index contributed by atoms with van der Waals surface area (Å²) in [6, 6.07) is 5.62. The number of carbonyl (C=O) groups excluding carboxylic acids is 4. The summed E-state index contributed by atoms with van der Waals surface area (Å²) in [5.74, 6) is -2.56. The van der Waals surface area contributed by atoms with Crippen LogP contribution in [0.4, 0.5) is 0 Å². The molecule has 4 fully saturated rings. The summed E-state index contributed by atoms with van der Waals surface area (Å²) >= 11 is 0. The summed E-state index contributed by atoms with van der Waals surface area (Å²) in [7, 11) is 3.36. The Morgan fingerprint density at radius 2 is 1.76 bits per heavy atom. The van der Waals surface area contributed by atoms with Crippen LogP contribution in [0.3, 0.4) is 0 Å². The van der Waals surface area contributed by atoms with E-state index >= 15 is 0 Å². The van der Waals surface area contributed by atoms with E-state index in [2.05, 4.69) is 19.2 Å². The van der Waals surface area contributed by atoms with Crippen LogP contribution in [0.2, 0.25) is 0 Å². The summed E-state index contributed by atoms with van der Waals surface area (Å²) < 4.78 is 25.4. The Morgan fingerprint density at radius 1 is 1.07 bits per heavy atom. The number of rotatable bonds is 18. The van der Waals surface area contributed by atoms with Gasteiger partial charge in [0.15, 0.2) is 11.8 Å². The highest BCUT2D eigenvalue weighted by Crippen LogP contribution is 2.58. The Morgan fingerprint density at radius 3 is 2.39 bits per heavy atom. The Labute approximate surface area is 320 Å². The molecule has 0 unspecified atom stereocenters. The van der Waals surface area contributed by atoms with Gasteiger partial charge < -0.3 is 34.3 Å². The number of unbranched alkanes of at least 4 members (excludes halogenated alkanes) is 4. The van der Waals surface area contributed by atoms with Crippen LogP contribution in [-0.2, 0) is 49.5 Å². The molecule has 1 aromatic rings. The third-order valence-corrected chi connectivity index (χ3v) is 10.8. The van der Waals surface area contributed by atoms with E-state index in [0.717, 1.165) is 49.7 Å². The highest BCUT2D eigenvalue weighted by atomic mass is 16.8. The third kappa shape index (κ3) is 9.35. The van der Waals surface area contributed by atoms with Crippen molar-refractivity contribution >= 4 is 29.8 Å². The fourth-order valence-electron chi connectivity index (χ4n) is 8.20. The van der Waals surface area contributed by atoms with Crippen molar-refractivity contribution in [1.82, 2.24) is 15.3 Å². The molecule has 4 aliphatic rings. The van der Waals surface area contributed by atoms with Crippen molar-refractivity contribution in [2.24, 2.45) is 5.41 Å². The molecule has 13 heteroatoms. The molecule has 3 saturated heterocycles. The molecule has 3 aliphatic heterocycles. The van der Waals surface area contributed by atoms with Crippen molar-refractivity contribution in [2.45, 2.75) is 160 Å². The van der Waals surface area contributed by atoms with Crippen LogP contribution in [0, 0.1) is 5.41 Å². The normalized spacial score (nSPS) is 27.7. The van der Waals surface area contributed by atoms with Crippen LogP contribution in [0.15, 0.2) is 30.3 Å². The molecule has 3 heterocycles. The number of hydroxylamine groups is 2. The van der Waals surface area contributed by atoms with Crippen molar-refractivity contribution < 1.29 is 48.1 Å². The lowest BCUT2D eigenvalue weighted by molar-refractivity contribution is -0.224. The first-order chi connectivity index (χ1) is 25.6. The minimum absolute atomic E-state index is 0.0134. The molecular weight excluding hydrogens is 694 g/mol. The van der Waals surface area contributed by atoms with Gasteiger partial charge in [0.2, 0.25) is 11.8 Å². The lowest BCUT2D eigenvalue weighted by Gasteiger charge is -2.49. The average molecular weight is 756 g/mol. The zero-order valence-corrected chi connectivity index (χ0v) is 33.1. The largest absolute Gasteiger partial charge is 0.460 e. The number of carbonyl (C=O) groups is 4. The third-order valence-electron chi connectivity index (χ3n) is 10.8. The Hall–Kier alpha value is -3.36. The van der Waals surface area contributed by atoms with Gasteiger partial charge in [0.05, 0.1) is 19.2 Å². The van der Waals surface area contributed by atoms with Gasteiger partial charge in [0, 0.05) is 45.9 Å². The first-order valence-corrected chi connectivity index (χ1v) is 19.8. The highest BCUT2D eigenvalue weighted by molar-refractivity contribution is 5.94. The maximum Gasteiger partial charge on any atom is 0.327 e. The number of aliphatic hydroxyl groups excluding tert-OH is 1. The number of esters is 2. The number of hydrogen-bond acceptors (Lipinski definition) is 11. The van der Waals surface area contributed by atoms with Gasteiger partial charge in [0.1, 0.15) is 35.4 Å². The number of nitrogens with one attached hydrogen (secondary N) is 1. The van der Waals surface area contributed by atoms with Gasteiger partial charge in [-0.05, 0) is 57.2 Å². The van der Waals surface area contributed by atoms with Crippen molar-refractivity contribution in [3.05, 3.63) is 41.5 Å². The predicted molar refractivity (Wildman–Crippen MR) is 200 cm³/mol. The number of fused-ring (bicyclic) bond motifs is 4. The van der Waals surface area contributed by atoms with Crippen LogP contribution in [0.5, 0.6) is 0 Å². The van der Waals surface area contributed by atoms with Gasteiger partial charge in [-0.1, -0.05) is 63.8 Å². The summed E-state index contributed by atoms with van der Waals surface area (Å²) in [4.78, 5) is 62.0. The number of likely N-dealkylation sites (N-methyl/N-ethyl adjacent to an activating group) is 1. The molecule has 0 aromatic heterocycles. The molecule has 300 valence electrons. The minimum atomic E-state index is -1.44. The topological polar surface area (TPSA) is 153 Å². The first-order valence-electron chi connectivity index (χ1n) is 19.8. The Bertz CT molecular complexity index is 1510. The zero-order valence-electron chi connectivity index (χ0n) is 33.1. The molecule has 13 nitrogen and oxygen atoms in total. The van der Waals surface area contributed by atoms with Gasteiger partial charge in [-0.2, -0.15) is 5.06 Å². The van der Waals surface area contributed by atoms with Crippen LogP contribution in [0.1, 0.15) is 116 Å². The monoisotopic (exact) mass is 755 g/mol. The van der Waals surface area contributed by atoms with E-state index in [1.54, 1.807) is 40.9 Å². The zero-order chi connectivity index (χ0) is 39.3. The maximum atomic E-state index is 14.8. The average Bonchev–Trinajstić information content (AvgIpc) is 3.67. The second-order valence-corrected chi connectivity index (χ2v) is 16.5. The molecule has 2 N–H and O–H groups in total. The quantitative estimate of drug-likeness (QED) is 0.120. The molecule has 2 bridgehead atoms. The van der Waals surface area contributed by atoms with Gasteiger partial charge >= 0.3 is 11.9 Å². The van der Waals surface area contributed by atoms with Crippen LogP contribution >= 0.6 is 0 Å². The van der Waals surface area contributed by atoms with E-state index in [0.29, 0.717) is 12.8 Å². The summed E-state index contributed by atoms with van der Waals surface area (Å²) in [6.45, 7) is 9.35. The highest BCUT2D eigenvalue weighted by Gasteiger charge is 2.76. The SMILES string of the molecule is CCCCCC1(CCCCC)O[C@@H]2[C@H](O1)[C@H]1ON(Cc3cccc(C=CC(=O)N(C)C)c3)[C@H]3C(=O)O[C@@H]2C[C@@]13C(=O)N[C@H](CO)CCC(=O)OC(C)(C)C. The number of hydrogen-bond donors (Lipinski definition) is 2. The van der Waals surface area contributed by atoms with Crippen molar-refractivity contribution in [1.29, 1.82) is 0 Å². The number of amides is 2. The van der Waals surface area contributed by atoms with Crippen LogP contribution < -0.4 is 5.32 Å². The first kappa shape index (κ1) is 41.8. The van der Waals surface area contributed by atoms with E-state index in [9.17, 15) is 24.3 Å². The molecular formula is C41H61N3O10. The second kappa shape index (κ2) is 17.6. The molecule has 1 aromatic carbocycles. The van der Waals surface area contributed by atoms with E-state index < -0.39 is 77.8 Å². The van der Waals surface area contributed by atoms with E-state index in [-0.39, 0.29) is 31.7 Å². The van der Waals surface area contributed by atoms with Crippen LogP contribution in [0.25, 0.3) is 6.08 Å². The molecule has 2 amide bonds. The van der Waals surface area contributed by atoms with Gasteiger partial charge in [-0.25, -0.2) is 0 Å². The molecule has 7 atom stereocenters. The Balaban J connectivity index is 1.47. The molecule has 0 radical (unpaired) electrons. The summed E-state index contributed by atoms with van der Waals surface area (Å²) in [5.41, 5.74) is -0.541. The summed E-state index contributed by atoms with van der Waals surface area (Å²) in [5, 5.41) is 14.9. The smallest absolute Gasteiger partial charge is 0.327 e. The number of nitrogens with zero attached hydrogens (tertiary/aromatic N) is 2. The van der Waals surface area contributed by atoms with E-state index in [4.69, 9.17) is 23.8 Å². The minimum Gasteiger partial charge on any atom is -0.460 e. The molecule has 5 rings (SSSR count). The van der Waals surface area contributed by atoms with E-state index in [1.165, 1.54) is 16.0 Å². The lowest BCUT2D eigenvalue weighted by Crippen LogP contribution is -2.70. The van der Waals surface area contributed by atoms with Crippen LogP contribution in [-0.4, -0.2) is 107 Å². The fourth-order valence-corrected chi connectivity index (χ4v) is 8.20. The predicted octanol–water partition coefficient (Wildman–Crippen LogP) is 4.83. The standard InChI is InChI=1S/C41H61N3O10/c1-8-10-12-21-40(22-13-11-9-2)52-33-30-24-41(38(49)42-29(26-45)18-20-32(47)51-39(3,4)5)35(37(48)50-30)44(54-36(41)34(33)53-40)25-28-16-14-15-27(23-28)17-19-31(46)43(6)7/h14-17,19,23,29-30,33-36,45H,8-13,18,20-22,24-26H2,1-7H3,(H,42,49)/t29-,30+,33-,34-,35-,36+,41-/m0/s1. The molecule has 1 saturated carbocycles. The number of benzene rings is 1. The maximum absolute atomic E-state index is 14.8. The lowest BCUT2D eigenvalue weighted by atomic mass is 9.62. The van der Waals surface area contributed by atoms with E-state index in [1.807, 2.05) is 24.3 Å². The van der Waals surface area contributed by atoms with Crippen molar-refractivity contribution in [2.75, 3.05) is 20.7 Å². The van der Waals surface area contributed by atoms with Gasteiger partial charge in [0.25, 0.3) is 0 Å². The van der Waals surface area contributed by atoms with Gasteiger partial charge in [-0.3, -0.25) is 24.0 Å². The number of aliphatic hydroxyl groups is 1. The molecule has 0 spiro atoms. The summed E-state index contributed by atoms with van der Waals surface area (Å²) in [6.07, 6.45) is 7.74.